The van der Waals surface area contributed by atoms with Gasteiger partial charge in [0.1, 0.15) is 14.7 Å². The molecule has 0 spiro atoms. The summed E-state index contributed by atoms with van der Waals surface area (Å²) in [7, 11) is -3.10. The molecule has 2 aromatic rings. The van der Waals surface area contributed by atoms with Gasteiger partial charge in [-0.3, -0.25) is 4.79 Å². The number of fused-ring (bicyclic) bond motifs is 1. The highest BCUT2D eigenvalue weighted by atomic mass is 35.5. The van der Waals surface area contributed by atoms with Crippen molar-refractivity contribution in [2.24, 2.45) is 0 Å². The molecule has 1 aromatic heterocycles. The Hall–Kier alpha value is -1.31. The lowest BCUT2D eigenvalue weighted by Crippen LogP contribution is -2.28. The van der Waals surface area contributed by atoms with E-state index >= 15 is 0 Å². The predicted molar refractivity (Wildman–Crippen MR) is 83.3 cm³/mol. The van der Waals surface area contributed by atoms with E-state index < -0.39 is 9.84 Å². The first-order chi connectivity index (χ1) is 9.28. The number of carbonyl (C=O) groups excluding carboxylic acids is 1. The van der Waals surface area contributed by atoms with Crippen molar-refractivity contribution in [2.45, 2.75) is 0 Å². The molecule has 20 heavy (non-hydrogen) atoms. The molecule has 0 unspecified atom stereocenters. The third-order valence-electron chi connectivity index (χ3n) is 2.65. The van der Waals surface area contributed by atoms with E-state index in [9.17, 15) is 13.2 Å². The average Bonchev–Trinajstić information content (AvgIpc) is 2.65. The molecular formula is C12H13ClN2O3S2. The van der Waals surface area contributed by atoms with Gasteiger partial charge in [-0.15, -0.1) is 11.3 Å². The first kappa shape index (κ1) is 15.1. The monoisotopic (exact) mass is 332 g/mol. The van der Waals surface area contributed by atoms with Crippen LogP contribution in [0.2, 0.25) is 5.02 Å². The number of benzene rings is 1. The van der Waals surface area contributed by atoms with Crippen LogP contribution in [-0.2, 0) is 9.84 Å². The largest absolute Gasteiger partial charge is 0.397 e. The van der Waals surface area contributed by atoms with Crippen LogP contribution in [0, 0.1) is 0 Å². The number of hydrogen-bond acceptors (Lipinski definition) is 5. The summed E-state index contributed by atoms with van der Waals surface area (Å²) in [5.74, 6) is -0.474. The number of hydrogen-bond donors (Lipinski definition) is 2. The number of nitrogen functional groups attached to an aromatic ring is 1. The molecule has 0 radical (unpaired) electrons. The Balaban J connectivity index is 2.20. The molecule has 0 aliphatic heterocycles. The molecule has 0 bridgehead atoms. The van der Waals surface area contributed by atoms with Gasteiger partial charge in [0.05, 0.1) is 11.4 Å². The van der Waals surface area contributed by atoms with Crippen molar-refractivity contribution in [3.8, 4) is 0 Å². The lowest BCUT2D eigenvalue weighted by atomic mass is 10.2. The third kappa shape index (κ3) is 3.41. The van der Waals surface area contributed by atoms with E-state index in [2.05, 4.69) is 5.32 Å². The van der Waals surface area contributed by atoms with Gasteiger partial charge in [0.2, 0.25) is 0 Å². The van der Waals surface area contributed by atoms with Gasteiger partial charge in [0.15, 0.2) is 0 Å². The Morgan fingerprint density at radius 3 is 2.80 bits per heavy atom. The van der Waals surface area contributed by atoms with Crippen LogP contribution in [0.4, 0.5) is 5.69 Å². The minimum Gasteiger partial charge on any atom is -0.397 e. The van der Waals surface area contributed by atoms with Crippen molar-refractivity contribution >= 4 is 54.5 Å². The fourth-order valence-corrected chi connectivity index (χ4v) is 3.35. The van der Waals surface area contributed by atoms with Crippen LogP contribution >= 0.6 is 22.9 Å². The lowest BCUT2D eigenvalue weighted by Gasteiger charge is -2.03. The van der Waals surface area contributed by atoms with E-state index in [1.807, 2.05) is 0 Å². The van der Waals surface area contributed by atoms with Crippen LogP contribution in [0.15, 0.2) is 18.2 Å². The maximum absolute atomic E-state index is 12.0. The third-order valence-corrected chi connectivity index (χ3v) is 5.02. The van der Waals surface area contributed by atoms with Crippen molar-refractivity contribution in [1.29, 1.82) is 0 Å². The lowest BCUT2D eigenvalue weighted by molar-refractivity contribution is 0.0961. The molecule has 0 aliphatic rings. The second-order valence-electron chi connectivity index (χ2n) is 4.37. The first-order valence-corrected chi connectivity index (χ1v) is 8.97. The number of sulfone groups is 1. The normalized spacial score (nSPS) is 11.7. The molecule has 108 valence electrons. The maximum Gasteiger partial charge on any atom is 0.263 e. The summed E-state index contributed by atoms with van der Waals surface area (Å²) in [4.78, 5) is 12.4. The molecule has 0 saturated heterocycles. The summed E-state index contributed by atoms with van der Waals surface area (Å²) in [6.07, 6.45) is 1.12. The van der Waals surface area contributed by atoms with Crippen LogP contribution in [0.1, 0.15) is 9.67 Å². The topological polar surface area (TPSA) is 89.3 Å². The van der Waals surface area contributed by atoms with Crippen LogP contribution in [0.25, 0.3) is 10.1 Å². The highest BCUT2D eigenvalue weighted by molar-refractivity contribution is 7.90. The zero-order valence-electron chi connectivity index (χ0n) is 10.6. The first-order valence-electron chi connectivity index (χ1n) is 5.71. The number of anilines is 1. The van der Waals surface area contributed by atoms with Gasteiger partial charge in [-0.05, 0) is 18.2 Å². The van der Waals surface area contributed by atoms with Crippen LogP contribution < -0.4 is 11.1 Å². The molecular weight excluding hydrogens is 320 g/mol. The minimum absolute atomic E-state index is 0.0616. The molecule has 3 N–H and O–H groups in total. The molecule has 0 aliphatic carbocycles. The van der Waals surface area contributed by atoms with Gasteiger partial charge in [-0.25, -0.2) is 8.42 Å². The van der Waals surface area contributed by atoms with E-state index in [1.165, 1.54) is 11.3 Å². The van der Waals surface area contributed by atoms with Gasteiger partial charge in [0, 0.05) is 27.9 Å². The quantitative estimate of drug-likeness (QED) is 0.895. The number of carbonyl (C=O) groups is 1. The number of halogens is 1. The second kappa shape index (κ2) is 5.59. The maximum atomic E-state index is 12.0. The summed E-state index contributed by atoms with van der Waals surface area (Å²) in [6, 6.07) is 5.23. The average molecular weight is 333 g/mol. The molecule has 0 fully saturated rings. The molecule has 1 amide bonds. The van der Waals surface area contributed by atoms with Crippen LogP contribution in [-0.4, -0.2) is 32.9 Å². The number of rotatable bonds is 4. The Labute approximate surface area is 125 Å². The summed E-state index contributed by atoms with van der Waals surface area (Å²) in [5, 5.41) is 3.83. The zero-order valence-corrected chi connectivity index (χ0v) is 13.0. The van der Waals surface area contributed by atoms with Gasteiger partial charge in [-0.2, -0.15) is 0 Å². The van der Waals surface area contributed by atoms with Crippen molar-refractivity contribution in [1.82, 2.24) is 5.32 Å². The van der Waals surface area contributed by atoms with Gasteiger partial charge < -0.3 is 11.1 Å². The second-order valence-corrected chi connectivity index (χ2v) is 8.12. The fourth-order valence-electron chi connectivity index (χ4n) is 1.69. The van der Waals surface area contributed by atoms with Crippen molar-refractivity contribution in [3.05, 3.63) is 28.1 Å². The Kier molecular flexibility index (Phi) is 4.22. The fraction of sp³-hybridized carbons (Fsp3) is 0.250. The van der Waals surface area contributed by atoms with E-state index in [0.717, 1.165) is 16.3 Å². The zero-order chi connectivity index (χ0) is 14.9. The Bertz CT molecular complexity index is 768. The smallest absolute Gasteiger partial charge is 0.263 e. The van der Waals surface area contributed by atoms with Crippen molar-refractivity contribution in [2.75, 3.05) is 24.3 Å². The SMILES string of the molecule is CS(=O)(=O)CCNC(=O)c1sc2ccc(Cl)cc2c1N. The number of thiophene rings is 1. The molecule has 0 saturated carbocycles. The van der Waals surface area contributed by atoms with Gasteiger partial charge in [-0.1, -0.05) is 11.6 Å². The predicted octanol–water partition coefficient (Wildman–Crippen LogP) is 1.91. The van der Waals surface area contributed by atoms with Gasteiger partial charge in [0.25, 0.3) is 5.91 Å². The summed E-state index contributed by atoms with van der Waals surface area (Å²) in [6.45, 7) is 0.0616. The van der Waals surface area contributed by atoms with Crippen LogP contribution in [0.5, 0.6) is 0 Å². The highest BCUT2D eigenvalue weighted by Gasteiger charge is 2.16. The Morgan fingerprint density at radius 2 is 2.15 bits per heavy atom. The summed E-state index contributed by atoms with van der Waals surface area (Å²) >= 11 is 7.15. The van der Waals surface area contributed by atoms with E-state index in [-0.39, 0.29) is 18.2 Å². The molecule has 1 aromatic carbocycles. The summed E-state index contributed by atoms with van der Waals surface area (Å²) < 4.78 is 22.9. The number of amides is 1. The Morgan fingerprint density at radius 1 is 1.45 bits per heavy atom. The van der Waals surface area contributed by atoms with Gasteiger partial charge >= 0.3 is 0 Å². The minimum atomic E-state index is -3.10. The van der Waals surface area contributed by atoms with E-state index in [0.29, 0.717) is 15.6 Å². The summed E-state index contributed by atoms with van der Waals surface area (Å²) in [5.41, 5.74) is 6.30. The van der Waals surface area contributed by atoms with Crippen molar-refractivity contribution < 1.29 is 13.2 Å². The van der Waals surface area contributed by atoms with Crippen LogP contribution in [0.3, 0.4) is 0 Å². The molecule has 0 atom stereocenters. The number of nitrogens with one attached hydrogen (secondary N) is 1. The molecule has 1 heterocycles. The highest BCUT2D eigenvalue weighted by Crippen LogP contribution is 2.35. The molecule has 5 nitrogen and oxygen atoms in total. The standard InChI is InChI=1S/C12H13ClN2O3S2/c1-20(17,18)5-4-15-12(16)11-10(14)8-6-7(13)2-3-9(8)19-11/h2-3,6H,4-5,14H2,1H3,(H,15,16). The number of nitrogens with two attached hydrogens (primary N) is 1. The van der Waals surface area contributed by atoms with E-state index in [4.69, 9.17) is 17.3 Å². The van der Waals surface area contributed by atoms with E-state index in [1.54, 1.807) is 18.2 Å². The molecule has 2 rings (SSSR count). The van der Waals surface area contributed by atoms with Crippen molar-refractivity contribution in [3.63, 3.8) is 0 Å². The molecule has 8 heteroatoms.